The van der Waals surface area contributed by atoms with Crippen molar-refractivity contribution in [1.29, 1.82) is 0 Å². The molecule has 0 spiro atoms. The average molecular weight is 1150 g/mol. The second-order valence-corrected chi connectivity index (χ2v) is 24.5. The summed E-state index contributed by atoms with van der Waals surface area (Å²) in [7, 11) is 0. The summed E-state index contributed by atoms with van der Waals surface area (Å²) in [4.78, 5) is 38.4. The molecule has 0 aliphatic carbocycles. The maximum Gasteiger partial charge on any atom is 0.309 e. The largest absolute Gasteiger partial charge is 0.462 e. The topological polar surface area (TPSA) is 78.9 Å². The number of hydrogen-bond acceptors (Lipinski definition) is 6. The summed E-state index contributed by atoms with van der Waals surface area (Å²) in [6, 6.07) is 0. The average Bonchev–Trinajstić information content (AvgIpc) is 3.47. The standard InChI is InChI=1S/C76H138O6/c1-4-7-10-13-16-19-22-25-28-30-32-34-36-37-38-40-41-43-45-48-51-54-57-60-63-66-69-75(78)81-72-73(71-80-74(77)68-65-62-59-56-53-50-47-27-24-21-18-15-12-9-6-3)82-76(79)70-67-64-61-58-55-52-49-46-44-42-39-35-33-31-29-26-23-20-17-14-11-8-5-2/h9,12,18,21,27,47,53,56,62,65,73H,4-8,10-11,13-17,19-20,22-26,28-46,48-52,54-55,57-61,63-64,66-72H2,1-3H3/b12-9-,21-18-,47-27-,56-53-,65-62-. The van der Waals surface area contributed by atoms with Gasteiger partial charge < -0.3 is 14.2 Å². The van der Waals surface area contributed by atoms with Crippen LogP contribution in [0.3, 0.4) is 0 Å². The molecule has 82 heavy (non-hydrogen) atoms. The highest BCUT2D eigenvalue weighted by molar-refractivity contribution is 5.72. The van der Waals surface area contributed by atoms with Crippen LogP contribution in [0.2, 0.25) is 0 Å². The van der Waals surface area contributed by atoms with Gasteiger partial charge in [-0.2, -0.15) is 0 Å². The van der Waals surface area contributed by atoms with Crippen LogP contribution >= 0.6 is 0 Å². The molecular weight excluding hydrogens is 1010 g/mol. The van der Waals surface area contributed by atoms with E-state index in [2.05, 4.69) is 69.4 Å². The van der Waals surface area contributed by atoms with Crippen LogP contribution in [0.5, 0.6) is 0 Å². The monoisotopic (exact) mass is 1150 g/mol. The lowest BCUT2D eigenvalue weighted by Gasteiger charge is -2.18. The van der Waals surface area contributed by atoms with Gasteiger partial charge in [0, 0.05) is 12.8 Å². The fourth-order valence-corrected chi connectivity index (χ4v) is 10.9. The van der Waals surface area contributed by atoms with Gasteiger partial charge in [0.05, 0.1) is 6.42 Å². The summed E-state index contributed by atoms with van der Waals surface area (Å²) < 4.78 is 16.9. The van der Waals surface area contributed by atoms with Gasteiger partial charge in [0.15, 0.2) is 6.10 Å². The van der Waals surface area contributed by atoms with Crippen molar-refractivity contribution in [2.24, 2.45) is 0 Å². The molecule has 0 saturated carbocycles. The molecule has 1 atom stereocenters. The Kier molecular flexibility index (Phi) is 68.1. The molecule has 0 aromatic rings. The van der Waals surface area contributed by atoms with Crippen molar-refractivity contribution in [3.05, 3.63) is 60.8 Å². The van der Waals surface area contributed by atoms with E-state index in [0.717, 1.165) is 70.6 Å². The number of carbonyl (C=O) groups is 3. The highest BCUT2D eigenvalue weighted by atomic mass is 16.6. The predicted octanol–water partition coefficient (Wildman–Crippen LogP) is 25.1. The fourth-order valence-electron chi connectivity index (χ4n) is 10.9. The molecule has 0 radical (unpaired) electrons. The molecule has 0 N–H and O–H groups in total. The Morgan fingerprint density at radius 2 is 0.476 bits per heavy atom. The Hall–Kier alpha value is -2.89. The minimum absolute atomic E-state index is 0.0988. The quantitative estimate of drug-likeness (QED) is 0.0261. The van der Waals surface area contributed by atoms with Gasteiger partial charge in [-0.25, -0.2) is 0 Å². The minimum Gasteiger partial charge on any atom is -0.462 e. The third kappa shape index (κ3) is 67.9. The lowest BCUT2D eigenvalue weighted by molar-refractivity contribution is -0.166. The van der Waals surface area contributed by atoms with E-state index >= 15 is 0 Å². The maximum absolute atomic E-state index is 13.0. The first-order valence-electron chi connectivity index (χ1n) is 36.3. The van der Waals surface area contributed by atoms with Crippen molar-refractivity contribution in [1.82, 2.24) is 0 Å². The summed E-state index contributed by atoms with van der Waals surface area (Å²) in [5, 5.41) is 0. The molecule has 6 nitrogen and oxygen atoms in total. The highest BCUT2D eigenvalue weighted by Gasteiger charge is 2.19. The molecule has 0 aliphatic heterocycles. The summed E-state index contributed by atoms with van der Waals surface area (Å²) in [6.07, 6.45) is 91.5. The molecule has 478 valence electrons. The molecule has 0 bridgehead atoms. The van der Waals surface area contributed by atoms with Crippen LogP contribution in [0.1, 0.15) is 387 Å². The van der Waals surface area contributed by atoms with E-state index in [-0.39, 0.29) is 31.6 Å². The number of unbranched alkanes of at least 4 members (excludes halogenated alkanes) is 47. The SMILES string of the molecule is CC/C=C\C/C=C\C/C=C\C/C=C\C/C=C\CC(=O)OCC(COC(=O)CCCCCCCCCCCCCCCCCCCCCCCCCCCC)OC(=O)CCCCCCCCCCCCCCCCCCCCCCCCC. The molecule has 0 aliphatic rings. The molecule has 0 saturated heterocycles. The first kappa shape index (κ1) is 79.1. The Labute approximate surface area is 510 Å². The number of hydrogen-bond donors (Lipinski definition) is 0. The van der Waals surface area contributed by atoms with Crippen molar-refractivity contribution in [2.45, 2.75) is 393 Å². The van der Waals surface area contributed by atoms with Crippen LogP contribution in [0.25, 0.3) is 0 Å². The zero-order valence-corrected chi connectivity index (χ0v) is 55.0. The molecule has 0 heterocycles. The smallest absolute Gasteiger partial charge is 0.309 e. The van der Waals surface area contributed by atoms with E-state index in [1.54, 1.807) is 0 Å². The molecular formula is C76H138O6. The normalized spacial score (nSPS) is 12.4. The van der Waals surface area contributed by atoms with Crippen molar-refractivity contribution in [2.75, 3.05) is 13.2 Å². The van der Waals surface area contributed by atoms with Crippen LogP contribution in [-0.2, 0) is 28.6 Å². The Bertz CT molecular complexity index is 1460. The van der Waals surface area contributed by atoms with E-state index in [0.29, 0.717) is 12.8 Å². The van der Waals surface area contributed by atoms with Gasteiger partial charge in [-0.15, -0.1) is 0 Å². The van der Waals surface area contributed by atoms with Gasteiger partial charge in [-0.3, -0.25) is 14.4 Å². The number of allylic oxidation sites excluding steroid dienone is 9. The van der Waals surface area contributed by atoms with Gasteiger partial charge in [0.1, 0.15) is 13.2 Å². The van der Waals surface area contributed by atoms with E-state index in [4.69, 9.17) is 14.2 Å². The third-order valence-electron chi connectivity index (χ3n) is 16.3. The third-order valence-corrected chi connectivity index (χ3v) is 16.3. The molecule has 0 amide bonds. The van der Waals surface area contributed by atoms with Crippen LogP contribution in [0, 0.1) is 0 Å². The van der Waals surface area contributed by atoms with Crippen molar-refractivity contribution < 1.29 is 28.6 Å². The number of rotatable bonds is 67. The molecule has 0 rings (SSSR count). The van der Waals surface area contributed by atoms with Crippen LogP contribution < -0.4 is 0 Å². The van der Waals surface area contributed by atoms with Gasteiger partial charge in [0.25, 0.3) is 0 Å². The molecule has 0 fully saturated rings. The first-order valence-corrected chi connectivity index (χ1v) is 36.3. The van der Waals surface area contributed by atoms with E-state index in [1.165, 1.54) is 276 Å². The van der Waals surface area contributed by atoms with Crippen LogP contribution in [0.4, 0.5) is 0 Å². The summed E-state index contributed by atoms with van der Waals surface area (Å²) in [6.45, 7) is 6.52. The maximum atomic E-state index is 13.0. The fraction of sp³-hybridized carbons (Fsp3) is 0.829. The highest BCUT2D eigenvalue weighted by Crippen LogP contribution is 2.19. The van der Waals surface area contributed by atoms with E-state index < -0.39 is 12.1 Å². The van der Waals surface area contributed by atoms with Crippen molar-refractivity contribution in [3.8, 4) is 0 Å². The van der Waals surface area contributed by atoms with Gasteiger partial charge in [0.2, 0.25) is 0 Å². The summed E-state index contributed by atoms with van der Waals surface area (Å²) >= 11 is 0. The van der Waals surface area contributed by atoms with Crippen LogP contribution in [0.15, 0.2) is 60.8 Å². The Morgan fingerprint density at radius 3 is 0.744 bits per heavy atom. The lowest BCUT2D eigenvalue weighted by Crippen LogP contribution is -2.30. The molecule has 0 aromatic carbocycles. The van der Waals surface area contributed by atoms with Gasteiger partial charge >= 0.3 is 17.9 Å². The van der Waals surface area contributed by atoms with Crippen molar-refractivity contribution >= 4 is 17.9 Å². The summed E-state index contributed by atoms with van der Waals surface area (Å²) in [5.41, 5.74) is 0. The molecule has 0 aromatic heterocycles. The summed E-state index contributed by atoms with van der Waals surface area (Å²) in [5.74, 6) is -1.01. The molecule has 1 unspecified atom stereocenters. The van der Waals surface area contributed by atoms with E-state index in [1.807, 2.05) is 12.2 Å². The lowest BCUT2D eigenvalue weighted by atomic mass is 10.0. The number of carbonyl (C=O) groups excluding carboxylic acids is 3. The zero-order chi connectivity index (χ0) is 59.2. The second kappa shape index (κ2) is 70.6. The number of ether oxygens (including phenoxy) is 3. The van der Waals surface area contributed by atoms with E-state index in [9.17, 15) is 14.4 Å². The first-order chi connectivity index (χ1) is 40.5. The minimum atomic E-state index is -0.813. The van der Waals surface area contributed by atoms with Gasteiger partial charge in [-0.1, -0.05) is 383 Å². The molecule has 6 heteroatoms. The van der Waals surface area contributed by atoms with Crippen molar-refractivity contribution in [3.63, 3.8) is 0 Å². The zero-order valence-electron chi connectivity index (χ0n) is 55.0. The second-order valence-electron chi connectivity index (χ2n) is 24.5. The van der Waals surface area contributed by atoms with Crippen LogP contribution in [-0.4, -0.2) is 37.2 Å². The Morgan fingerprint density at radius 1 is 0.256 bits per heavy atom. The number of esters is 3. The Balaban J connectivity index is 4.29. The predicted molar refractivity (Wildman–Crippen MR) is 358 cm³/mol. The van der Waals surface area contributed by atoms with Gasteiger partial charge in [-0.05, 0) is 44.9 Å².